The molecule has 18 heavy (non-hydrogen) atoms. The third kappa shape index (κ3) is 4.22. The number of alkyl halides is 1. The molecule has 0 radical (unpaired) electrons. The van der Waals surface area contributed by atoms with E-state index in [4.69, 9.17) is 4.74 Å². The second kappa shape index (κ2) is 7.26. The second-order valence-corrected chi connectivity index (χ2v) is 5.23. The molecule has 1 atom stereocenters. The van der Waals surface area contributed by atoms with Gasteiger partial charge in [-0.3, -0.25) is 4.79 Å². The van der Waals surface area contributed by atoms with Crippen molar-refractivity contribution in [1.29, 1.82) is 0 Å². The zero-order valence-corrected chi connectivity index (χ0v) is 12.2. The van der Waals surface area contributed by atoms with Gasteiger partial charge in [-0.1, -0.05) is 22.9 Å². The van der Waals surface area contributed by atoms with Crippen molar-refractivity contribution < 1.29 is 14.6 Å². The molecule has 1 aromatic rings. The molecule has 0 saturated carbocycles. The first-order valence-electron chi connectivity index (χ1n) is 5.87. The molecule has 0 aliphatic carbocycles. The van der Waals surface area contributed by atoms with Crippen molar-refractivity contribution in [3.63, 3.8) is 0 Å². The summed E-state index contributed by atoms with van der Waals surface area (Å²) in [5, 5.41) is 12.5. The van der Waals surface area contributed by atoms with Crippen LogP contribution in [0, 0.1) is 0 Å². The van der Waals surface area contributed by atoms with Gasteiger partial charge >= 0.3 is 0 Å². The van der Waals surface area contributed by atoms with Crippen LogP contribution in [0.5, 0.6) is 11.5 Å². The van der Waals surface area contributed by atoms with E-state index >= 15 is 0 Å². The standard InChI is InChI=1S/C13H18BrNO3/c1-3-9(14)6-7-15-13(17)11-5-4-10(18-2)8-12(11)16/h4-5,8-9,16H,3,6-7H2,1-2H3,(H,15,17). The molecule has 0 spiro atoms. The molecule has 4 nitrogen and oxygen atoms in total. The van der Waals surface area contributed by atoms with Crippen LogP contribution in [0.15, 0.2) is 18.2 Å². The van der Waals surface area contributed by atoms with Crippen LogP contribution in [0.2, 0.25) is 0 Å². The van der Waals surface area contributed by atoms with E-state index in [0.717, 1.165) is 12.8 Å². The molecule has 0 saturated heterocycles. The van der Waals surface area contributed by atoms with Crippen molar-refractivity contribution in [2.45, 2.75) is 24.6 Å². The van der Waals surface area contributed by atoms with E-state index in [2.05, 4.69) is 28.2 Å². The van der Waals surface area contributed by atoms with E-state index in [0.29, 0.717) is 17.1 Å². The fraction of sp³-hybridized carbons (Fsp3) is 0.462. The highest BCUT2D eigenvalue weighted by molar-refractivity contribution is 9.09. The molecule has 0 heterocycles. The highest BCUT2D eigenvalue weighted by Crippen LogP contribution is 2.23. The van der Waals surface area contributed by atoms with Crippen LogP contribution >= 0.6 is 15.9 Å². The van der Waals surface area contributed by atoms with Gasteiger partial charge < -0.3 is 15.2 Å². The number of ether oxygens (including phenoxy) is 1. The molecule has 1 aromatic carbocycles. The monoisotopic (exact) mass is 315 g/mol. The predicted octanol–water partition coefficient (Wildman–Crippen LogP) is 2.69. The van der Waals surface area contributed by atoms with Gasteiger partial charge in [0.1, 0.15) is 11.5 Å². The molecular weight excluding hydrogens is 298 g/mol. The van der Waals surface area contributed by atoms with Gasteiger partial charge in [-0.25, -0.2) is 0 Å². The van der Waals surface area contributed by atoms with E-state index in [1.54, 1.807) is 12.1 Å². The molecule has 0 aliphatic rings. The minimum Gasteiger partial charge on any atom is -0.507 e. The molecule has 0 aliphatic heterocycles. The first-order chi connectivity index (χ1) is 8.58. The number of nitrogens with one attached hydrogen (secondary N) is 1. The number of phenolic OH excluding ortho intramolecular Hbond substituents is 1. The number of phenols is 1. The van der Waals surface area contributed by atoms with E-state index in [9.17, 15) is 9.90 Å². The average molecular weight is 316 g/mol. The van der Waals surface area contributed by atoms with Crippen molar-refractivity contribution in [2.24, 2.45) is 0 Å². The summed E-state index contributed by atoms with van der Waals surface area (Å²) in [4.78, 5) is 12.2. The summed E-state index contributed by atoms with van der Waals surface area (Å²) in [6.45, 7) is 2.66. The predicted molar refractivity (Wildman–Crippen MR) is 74.6 cm³/mol. The Morgan fingerprint density at radius 1 is 1.56 bits per heavy atom. The fourth-order valence-electron chi connectivity index (χ4n) is 1.47. The van der Waals surface area contributed by atoms with Gasteiger partial charge in [-0.2, -0.15) is 0 Å². The number of rotatable bonds is 6. The fourth-order valence-corrected chi connectivity index (χ4v) is 1.70. The van der Waals surface area contributed by atoms with Gasteiger partial charge in [0.15, 0.2) is 0 Å². The molecule has 5 heteroatoms. The summed E-state index contributed by atoms with van der Waals surface area (Å²) >= 11 is 3.50. The van der Waals surface area contributed by atoms with Gasteiger partial charge in [-0.05, 0) is 25.0 Å². The summed E-state index contributed by atoms with van der Waals surface area (Å²) in [5.41, 5.74) is 0.262. The quantitative estimate of drug-likeness (QED) is 0.793. The lowest BCUT2D eigenvalue weighted by Gasteiger charge is -2.10. The summed E-state index contributed by atoms with van der Waals surface area (Å²) in [5.74, 6) is 0.180. The van der Waals surface area contributed by atoms with Gasteiger partial charge in [0.2, 0.25) is 0 Å². The summed E-state index contributed by atoms with van der Waals surface area (Å²) < 4.78 is 4.96. The van der Waals surface area contributed by atoms with Crippen LogP contribution in [-0.2, 0) is 0 Å². The van der Waals surface area contributed by atoms with Crippen LogP contribution in [0.25, 0.3) is 0 Å². The Labute approximate surface area is 115 Å². The van der Waals surface area contributed by atoms with Gasteiger partial charge in [-0.15, -0.1) is 0 Å². The van der Waals surface area contributed by atoms with Crippen molar-refractivity contribution in [3.05, 3.63) is 23.8 Å². The molecule has 1 unspecified atom stereocenters. The molecule has 100 valence electrons. The maximum absolute atomic E-state index is 11.8. The van der Waals surface area contributed by atoms with Crippen LogP contribution < -0.4 is 10.1 Å². The van der Waals surface area contributed by atoms with Crippen LogP contribution in [-0.4, -0.2) is 29.5 Å². The molecular formula is C13H18BrNO3. The third-order valence-electron chi connectivity index (χ3n) is 2.64. The van der Waals surface area contributed by atoms with E-state index in [1.165, 1.54) is 13.2 Å². The molecule has 0 bridgehead atoms. The number of benzene rings is 1. The Balaban J connectivity index is 2.56. The SMILES string of the molecule is CCC(Br)CCNC(=O)c1ccc(OC)cc1O. The van der Waals surface area contributed by atoms with E-state index < -0.39 is 0 Å². The second-order valence-electron chi connectivity index (χ2n) is 3.93. The van der Waals surface area contributed by atoms with Crippen LogP contribution in [0.3, 0.4) is 0 Å². The smallest absolute Gasteiger partial charge is 0.255 e. The maximum Gasteiger partial charge on any atom is 0.255 e. The lowest BCUT2D eigenvalue weighted by atomic mass is 10.1. The van der Waals surface area contributed by atoms with Gasteiger partial charge in [0.05, 0.1) is 12.7 Å². The number of halogens is 1. The largest absolute Gasteiger partial charge is 0.507 e. The number of carbonyl (C=O) groups excluding carboxylic acids is 1. The van der Waals surface area contributed by atoms with Crippen molar-refractivity contribution >= 4 is 21.8 Å². The topological polar surface area (TPSA) is 58.6 Å². The molecule has 0 fully saturated rings. The van der Waals surface area contributed by atoms with Crippen molar-refractivity contribution in [1.82, 2.24) is 5.32 Å². The highest BCUT2D eigenvalue weighted by atomic mass is 79.9. The normalized spacial score (nSPS) is 11.9. The van der Waals surface area contributed by atoms with Crippen molar-refractivity contribution in [3.8, 4) is 11.5 Å². The Morgan fingerprint density at radius 3 is 2.83 bits per heavy atom. The van der Waals surface area contributed by atoms with Crippen LogP contribution in [0.4, 0.5) is 0 Å². The lowest BCUT2D eigenvalue weighted by molar-refractivity contribution is 0.0950. The maximum atomic E-state index is 11.8. The number of methoxy groups -OCH3 is 1. The van der Waals surface area contributed by atoms with Gasteiger partial charge in [0.25, 0.3) is 5.91 Å². The number of carbonyl (C=O) groups is 1. The van der Waals surface area contributed by atoms with E-state index in [-0.39, 0.29) is 17.2 Å². The molecule has 1 amide bonds. The minimum absolute atomic E-state index is 0.0715. The Kier molecular flexibility index (Phi) is 5.98. The molecule has 1 rings (SSSR count). The number of hydrogen-bond acceptors (Lipinski definition) is 3. The molecule has 2 N–H and O–H groups in total. The number of hydrogen-bond donors (Lipinski definition) is 2. The van der Waals surface area contributed by atoms with Gasteiger partial charge in [0, 0.05) is 17.4 Å². The third-order valence-corrected chi connectivity index (χ3v) is 3.74. The summed E-state index contributed by atoms with van der Waals surface area (Å²) in [7, 11) is 1.51. The Bertz CT molecular complexity index is 409. The Morgan fingerprint density at radius 2 is 2.28 bits per heavy atom. The average Bonchev–Trinajstić information content (AvgIpc) is 2.37. The number of amides is 1. The van der Waals surface area contributed by atoms with E-state index in [1.807, 2.05) is 0 Å². The lowest BCUT2D eigenvalue weighted by Crippen LogP contribution is -2.26. The Hall–Kier alpha value is -1.23. The zero-order chi connectivity index (χ0) is 13.5. The minimum atomic E-state index is -0.272. The summed E-state index contributed by atoms with van der Waals surface area (Å²) in [6, 6.07) is 4.62. The zero-order valence-electron chi connectivity index (χ0n) is 10.6. The molecule has 0 aromatic heterocycles. The highest BCUT2D eigenvalue weighted by Gasteiger charge is 2.11. The first kappa shape index (κ1) is 14.8. The number of aromatic hydroxyl groups is 1. The first-order valence-corrected chi connectivity index (χ1v) is 6.79. The summed E-state index contributed by atoms with van der Waals surface area (Å²) in [6.07, 6.45) is 1.88. The van der Waals surface area contributed by atoms with Crippen LogP contribution in [0.1, 0.15) is 30.1 Å². The van der Waals surface area contributed by atoms with Crippen molar-refractivity contribution in [2.75, 3.05) is 13.7 Å².